The largest absolute Gasteiger partial charge is 0.479 e. The maximum atomic E-state index is 12.8. The van der Waals surface area contributed by atoms with E-state index in [1.54, 1.807) is 13.0 Å². The number of hydrogen-bond acceptors (Lipinski definition) is 8. The maximum Gasteiger partial charge on any atom is 0.479 e. The molecule has 0 fully saturated rings. The molecule has 0 amide bonds. The maximum absolute atomic E-state index is 12.8. The first kappa shape index (κ1) is 20.0. The molecule has 0 aliphatic heterocycles. The highest BCUT2D eigenvalue weighted by atomic mass is 32.2. The summed E-state index contributed by atoms with van der Waals surface area (Å²) in [5.41, 5.74) is 0.565. The first-order valence-corrected chi connectivity index (χ1v) is 10.8. The number of nitrogens with one attached hydrogen (secondary N) is 1. The van der Waals surface area contributed by atoms with Gasteiger partial charge in [-0.3, -0.25) is 4.52 Å². The molecule has 2 heterocycles. The molecule has 1 N–H and O–H groups in total. The van der Waals surface area contributed by atoms with Crippen molar-refractivity contribution in [3.05, 3.63) is 36.0 Å². The van der Waals surface area contributed by atoms with E-state index >= 15 is 0 Å². The fourth-order valence-electron chi connectivity index (χ4n) is 2.35. The summed E-state index contributed by atoms with van der Waals surface area (Å²) in [5.74, 6) is 0.353. The zero-order chi connectivity index (χ0) is 20.7. The second-order valence-electron chi connectivity index (χ2n) is 5.88. The van der Waals surface area contributed by atoms with Gasteiger partial charge in [-0.1, -0.05) is 12.1 Å². The van der Waals surface area contributed by atoms with Crippen LogP contribution in [0.4, 0.5) is 6.01 Å². The molecule has 0 saturated carbocycles. The van der Waals surface area contributed by atoms with Crippen LogP contribution in [-0.4, -0.2) is 52.3 Å². The number of benzene rings is 1. The van der Waals surface area contributed by atoms with E-state index in [0.29, 0.717) is 5.69 Å². The van der Waals surface area contributed by atoms with Crippen molar-refractivity contribution in [1.29, 1.82) is 0 Å². The summed E-state index contributed by atoms with van der Waals surface area (Å²) < 4.78 is 65.3. The Balaban J connectivity index is 2.07. The van der Waals surface area contributed by atoms with Crippen molar-refractivity contribution in [2.75, 3.05) is 25.9 Å². The van der Waals surface area contributed by atoms with Crippen LogP contribution in [0.15, 0.2) is 44.6 Å². The minimum Gasteiger partial charge on any atom is -0.469 e. The molecule has 0 saturated heterocycles. The molecule has 1 aromatic carbocycles. The summed E-state index contributed by atoms with van der Waals surface area (Å²) in [6, 6.07) is 6.45. The van der Waals surface area contributed by atoms with Crippen LogP contribution in [0, 0.1) is 6.92 Å². The van der Waals surface area contributed by atoms with Crippen molar-refractivity contribution in [2.24, 2.45) is 0 Å². The lowest BCUT2D eigenvalue weighted by atomic mass is 10.4. The van der Waals surface area contributed by atoms with Crippen molar-refractivity contribution in [3.63, 3.8) is 0 Å². The molecular formula is C15H18N5O6S2+. The first-order valence-electron chi connectivity index (χ1n) is 7.85. The SMILES string of the molecule is COc1cc(C)[n+]2oc(NS(=O)(=O)c3ccccc3S(=O)(=O)N(C)C)nc2n1. The number of rotatable bonds is 6. The standard InChI is InChI=1S/C15H17N5O6S2/c1-10-9-13(25-4)16-14-17-15(26-20(10)14)18-27(21,22)11-7-5-6-8-12(11)28(23,24)19(2)3/h5-9H,1-4H3/p+1. The molecule has 0 unspecified atom stereocenters. The number of aromatic nitrogens is 3. The molecule has 0 bridgehead atoms. The molecule has 3 rings (SSSR count). The van der Waals surface area contributed by atoms with Crippen molar-refractivity contribution < 1.29 is 30.7 Å². The monoisotopic (exact) mass is 428 g/mol. The van der Waals surface area contributed by atoms with Gasteiger partial charge in [0.1, 0.15) is 15.5 Å². The van der Waals surface area contributed by atoms with E-state index in [-0.39, 0.29) is 22.6 Å². The molecule has 0 aliphatic rings. The third-order valence-electron chi connectivity index (χ3n) is 3.75. The van der Waals surface area contributed by atoms with Crippen molar-refractivity contribution in [3.8, 4) is 5.88 Å². The van der Waals surface area contributed by atoms with Gasteiger partial charge in [0, 0.05) is 14.1 Å². The highest BCUT2D eigenvalue weighted by Crippen LogP contribution is 2.24. The van der Waals surface area contributed by atoms with Crippen LogP contribution < -0.4 is 14.0 Å². The van der Waals surface area contributed by atoms with Crippen LogP contribution in [0.2, 0.25) is 0 Å². The van der Waals surface area contributed by atoms with Gasteiger partial charge >= 0.3 is 11.8 Å². The number of fused-ring (bicyclic) bond motifs is 1. The van der Waals surface area contributed by atoms with Gasteiger partial charge in [-0.25, -0.2) is 25.9 Å². The lowest BCUT2D eigenvalue weighted by Gasteiger charge is -2.14. The Morgan fingerprint density at radius 1 is 1.11 bits per heavy atom. The van der Waals surface area contributed by atoms with Gasteiger partial charge in [-0.05, 0) is 33.6 Å². The Morgan fingerprint density at radius 3 is 2.36 bits per heavy atom. The lowest BCUT2D eigenvalue weighted by molar-refractivity contribution is -0.721. The summed E-state index contributed by atoms with van der Waals surface area (Å²) in [5, 5.41) is 0. The minimum atomic E-state index is -4.32. The normalized spacial score (nSPS) is 12.5. The van der Waals surface area contributed by atoms with Gasteiger partial charge in [-0.15, -0.1) is 0 Å². The van der Waals surface area contributed by atoms with E-state index in [4.69, 9.17) is 9.26 Å². The van der Waals surface area contributed by atoms with Gasteiger partial charge < -0.3 is 4.74 Å². The Bertz CT molecular complexity index is 1250. The van der Waals surface area contributed by atoms with Crippen LogP contribution in [0.1, 0.15) is 5.69 Å². The number of sulfonamides is 2. The number of aryl methyl sites for hydroxylation is 1. The van der Waals surface area contributed by atoms with E-state index in [1.165, 1.54) is 50.0 Å². The van der Waals surface area contributed by atoms with E-state index in [1.807, 2.05) is 0 Å². The number of methoxy groups -OCH3 is 1. The highest BCUT2D eigenvalue weighted by molar-refractivity contribution is 7.94. The van der Waals surface area contributed by atoms with E-state index < -0.39 is 24.9 Å². The number of hydrogen-bond donors (Lipinski definition) is 1. The molecule has 0 spiro atoms. The molecule has 150 valence electrons. The number of ether oxygens (including phenoxy) is 1. The Labute approximate surface area is 161 Å². The summed E-state index contributed by atoms with van der Waals surface area (Å²) in [6.07, 6.45) is 0. The zero-order valence-electron chi connectivity index (χ0n) is 15.4. The van der Waals surface area contributed by atoms with E-state index in [0.717, 1.165) is 4.31 Å². The average Bonchev–Trinajstić information content (AvgIpc) is 3.03. The van der Waals surface area contributed by atoms with Crippen LogP contribution >= 0.6 is 0 Å². The molecular weight excluding hydrogens is 410 g/mol. The molecule has 2 aromatic heterocycles. The Morgan fingerprint density at radius 2 is 1.75 bits per heavy atom. The van der Waals surface area contributed by atoms with E-state index in [9.17, 15) is 16.8 Å². The predicted octanol–water partition coefficient (Wildman–Crippen LogP) is 0.176. The molecule has 0 atom stereocenters. The Kier molecular flexibility index (Phi) is 4.99. The fourth-order valence-corrected chi connectivity index (χ4v) is 4.97. The quantitative estimate of drug-likeness (QED) is 0.549. The van der Waals surface area contributed by atoms with Gasteiger partial charge in [0.2, 0.25) is 10.0 Å². The van der Waals surface area contributed by atoms with Crippen LogP contribution in [-0.2, 0) is 20.0 Å². The zero-order valence-corrected chi connectivity index (χ0v) is 17.1. The van der Waals surface area contributed by atoms with Gasteiger partial charge in [-0.2, -0.15) is 0 Å². The van der Waals surface area contributed by atoms with Gasteiger partial charge in [0.15, 0.2) is 0 Å². The molecule has 0 radical (unpaired) electrons. The molecule has 13 heteroatoms. The smallest absolute Gasteiger partial charge is 0.469 e. The van der Waals surface area contributed by atoms with Crippen LogP contribution in [0.3, 0.4) is 0 Å². The molecule has 28 heavy (non-hydrogen) atoms. The number of nitrogens with zero attached hydrogens (tertiary/aromatic N) is 4. The highest BCUT2D eigenvalue weighted by Gasteiger charge is 2.31. The third-order valence-corrected chi connectivity index (χ3v) is 7.13. The second-order valence-corrected chi connectivity index (χ2v) is 9.65. The minimum absolute atomic E-state index is 0.0729. The Hall–Kier alpha value is -2.77. The molecule has 0 aliphatic carbocycles. The van der Waals surface area contributed by atoms with Crippen molar-refractivity contribution >= 4 is 31.8 Å². The summed E-state index contributed by atoms with van der Waals surface area (Å²) >= 11 is 0. The van der Waals surface area contributed by atoms with Gasteiger partial charge in [0.25, 0.3) is 15.9 Å². The van der Waals surface area contributed by atoms with Crippen LogP contribution in [0.5, 0.6) is 5.88 Å². The van der Waals surface area contributed by atoms with Crippen LogP contribution in [0.25, 0.3) is 5.78 Å². The molecule has 11 nitrogen and oxygen atoms in total. The number of anilines is 1. The average molecular weight is 428 g/mol. The lowest BCUT2D eigenvalue weighted by Crippen LogP contribution is -2.26. The van der Waals surface area contributed by atoms with Crippen molar-refractivity contribution in [1.82, 2.24) is 14.3 Å². The van der Waals surface area contributed by atoms with E-state index in [2.05, 4.69) is 14.7 Å². The summed E-state index contributed by atoms with van der Waals surface area (Å²) in [4.78, 5) is 7.23. The third kappa shape index (κ3) is 3.50. The first-order chi connectivity index (χ1) is 13.1. The summed E-state index contributed by atoms with van der Waals surface area (Å²) in [6.45, 7) is 1.69. The van der Waals surface area contributed by atoms with Crippen molar-refractivity contribution in [2.45, 2.75) is 16.7 Å². The topological polar surface area (TPSA) is 136 Å². The second kappa shape index (κ2) is 7.00. The molecule has 3 aromatic rings. The van der Waals surface area contributed by atoms with Gasteiger partial charge in [0.05, 0.1) is 13.2 Å². The predicted molar refractivity (Wildman–Crippen MR) is 96.9 cm³/mol. The fraction of sp³-hybridized carbons (Fsp3) is 0.267. The summed E-state index contributed by atoms with van der Waals surface area (Å²) in [7, 11) is -4.26.